The van der Waals surface area contributed by atoms with Gasteiger partial charge in [-0.15, -0.1) is 5.10 Å². The van der Waals surface area contributed by atoms with Crippen LogP contribution in [-0.4, -0.2) is 42.7 Å². The zero-order chi connectivity index (χ0) is 21.0. The summed E-state index contributed by atoms with van der Waals surface area (Å²) in [4.78, 5) is 14.4. The summed E-state index contributed by atoms with van der Waals surface area (Å²) in [5, 5.41) is 13.7. The number of fused-ring (bicyclic) bond motifs is 3. The maximum atomic E-state index is 5.36. The second kappa shape index (κ2) is 8.23. The molecule has 0 spiro atoms. The lowest BCUT2D eigenvalue weighted by atomic mass is 10.2. The van der Waals surface area contributed by atoms with Crippen molar-refractivity contribution in [1.29, 1.82) is 0 Å². The third-order valence-electron chi connectivity index (χ3n) is 4.78. The fraction of sp³-hybridized carbons (Fsp3) is 0.136. The first-order valence-electron chi connectivity index (χ1n) is 9.69. The Balaban J connectivity index is 1.31. The van der Waals surface area contributed by atoms with Gasteiger partial charge in [0.15, 0.2) is 23.7 Å². The minimum Gasteiger partial charge on any atom is -0.497 e. The van der Waals surface area contributed by atoms with Crippen molar-refractivity contribution in [1.82, 2.24) is 29.4 Å². The molecule has 3 heterocycles. The highest BCUT2D eigenvalue weighted by Crippen LogP contribution is 2.17. The van der Waals surface area contributed by atoms with Gasteiger partial charge < -0.3 is 9.57 Å². The van der Waals surface area contributed by atoms with Gasteiger partial charge in [0.1, 0.15) is 12.1 Å². The highest BCUT2D eigenvalue weighted by molar-refractivity contribution is 5.88. The van der Waals surface area contributed by atoms with Gasteiger partial charge >= 0.3 is 0 Å². The van der Waals surface area contributed by atoms with E-state index in [2.05, 4.69) is 37.5 Å². The number of rotatable bonds is 7. The molecule has 0 saturated carbocycles. The van der Waals surface area contributed by atoms with E-state index in [1.165, 1.54) is 0 Å². The second-order valence-corrected chi connectivity index (χ2v) is 6.85. The average molecular weight is 413 g/mol. The topological polar surface area (TPSA) is 91.7 Å². The smallest absolute Gasteiger partial charge is 0.192 e. The third-order valence-corrected chi connectivity index (χ3v) is 4.78. The van der Waals surface area contributed by atoms with Crippen LogP contribution in [0.2, 0.25) is 0 Å². The molecule has 0 aliphatic carbocycles. The van der Waals surface area contributed by atoms with Crippen LogP contribution in [0.4, 0.5) is 0 Å². The molecule has 0 radical (unpaired) electrons. The van der Waals surface area contributed by atoms with Gasteiger partial charge in [-0.1, -0.05) is 35.5 Å². The van der Waals surface area contributed by atoms with E-state index in [4.69, 9.17) is 9.57 Å². The first-order chi connectivity index (χ1) is 15.3. The third kappa shape index (κ3) is 3.93. The lowest BCUT2D eigenvalue weighted by molar-refractivity contribution is 0.126. The van der Waals surface area contributed by atoms with Crippen LogP contribution in [0, 0.1) is 0 Å². The van der Waals surface area contributed by atoms with Crippen LogP contribution < -0.4 is 4.74 Å². The Labute approximate surface area is 177 Å². The summed E-state index contributed by atoms with van der Waals surface area (Å²) in [7, 11) is 1.63. The van der Waals surface area contributed by atoms with Crippen molar-refractivity contribution in [3.05, 3.63) is 84.1 Å². The van der Waals surface area contributed by atoms with Crippen LogP contribution in [0.1, 0.15) is 17.0 Å². The van der Waals surface area contributed by atoms with Gasteiger partial charge in [0.25, 0.3) is 0 Å². The molecule has 154 valence electrons. The second-order valence-electron chi connectivity index (χ2n) is 6.85. The van der Waals surface area contributed by atoms with Crippen molar-refractivity contribution in [3.63, 3.8) is 0 Å². The van der Waals surface area contributed by atoms with E-state index in [1.807, 2.05) is 47.1 Å². The van der Waals surface area contributed by atoms with Gasteiger partial charge in [-0.05, 0) is 35.4 Å². The number of benzene rings is 2. The molecule has 0 N–H and O–H groups in total. The molecular weight excluding hydrogens is 394 g/mol. The van der Waals surface area contributed by atoms with Crippen LogP contribution >= 0.6 is 0 Å². The van der Waals surface area contributed by atoms with Crippen molar-refractivity contribution in [3.8, 4) is 5.75 Å². The number of ether oxygens (including phenoxy) is 1. The van der Waals surface area contributed by atoms with E-state index in [9.17, 15) is 0 Å². The first kappa shape index (κ1) is 18.7. The molecule has 5 aromatic rings. The minimum absolute atomic E-state index is 0.147. The van der Waals surface area contributed by atoms with Gasteiger partial charge in [-0.2, -0.15) is 5.10 Å². The Hall–Kier alpha value is -4.27. The van der Waals surface area contributed by atoms with Crippen LogP contribution in [0.25, 0.3) is 16.7 Å². The fourth-order valence-electron chi connectivity index (χ4n) is 3.23. The molecule has 0 saturated heterocycles. The summed E-state index contributed by atoms with van der Waals surface area (Å²) in [5.41, 5.74) is 3.50. The molecule has 0 aliphatic rings. The predicted molar refractivity (Wildman–Crippen MR) is 115 cm³/mol. The van der Waals surface area contributed by atoms with E-state index in [-0.39, 0.29) is 6.61 Å². The Kier molecular flexibility index (Phi) is 4.97. The predicted octanol–water partition coefficient (Wildman–Crippen LogP) is 3.08. The molecule has 0 aliphatic heterocycles. The maximum absolute atomic E-state index is 5.36. The van der Waals surface area contributed by atoms with Gasteiger partial charge in [0, 0.05) is 0 Å². The lowest BCUT2D eigenvalue weighted by Crippen LogP contribution is -2.03. The number of hydrogen-bond donors (Lipinski definition) is 0. The fourth-order valence-corrected chi connectivity index (χ4v) is 3.23. The Morgan fingerprint density at radius 1 is 1.03 bits per heavy atom. The summed E-state index contributed by atoms with van der Waals surface area (Å²) < 4.78 is 8.62. The monoisotopic (exact) mass is 413 g/mol. The average Bonchev–Trinajstić information content (AvgIpc) is 3.41. The SMILES string of the molecule is COc1ccc(/C=N\OCc2nc3c4cnn(Cc5ccccc5)c4ncn3n2)cc1. The molecule has 0 unspecified atom stereocenters. The standard InChI is InChI=1S/C22H19N7O2/c1-30-18-9-7-16(8-10-18)11-25-31-14-20-26-22-19-12-24-28(13-17-5-3-2-4-6-17)21(19)23-15-29(22)27-20/h2-12,15H,13-14H2,1H3/b25-11-. The molecule has 9 heteroatoms. The van der Waals surface area contributed by atoms with Crippen LogP contribution in [0.15, 0.2) is 72.3 Å². The molecule has 2 aromatic carbocycles. The number of methoxy groups -OCH3 is 1. The molecular formula is C22H19N7O2. The zero-order valence-electron chi connectivity index (χ0n) is 16.8. The lowest BCUT2D eigenvalue weighted by Gasteiger charge is -2.02. The normalized spacial score (nSPS) is 11.5. The summed E-state index contributed by atoms with van der Waals surface area (Å²) >= 11 is 0. The Morgan fingerprint density at radius 2 is 1.87 bits per heavy atom. The van der Waals surface area contributed by atoms with E-state index in [1.54, 1.807) is 30.4 Å². The van der Waals surface area contributed by atoms with E-state index in [0.717, 1.165) is 27.9 Å². The van der Waals surface area contributed by atoms with Crippen LogP contribution in [-0.2, 0) is 18.0 Å². The summed E-state index contributed by atoms with van der Waals surface area (Å²) in [6.07, 6.45) is 5.03. The Bertz CT molecular complexity index is 1340. The molecule has 9 nitrogen and oxygen atoms in total. The van der Waals surface area contributed by atoms with E-state index < -0.39 is 0 Å². The molecule has 0 bridgehead atoms. The van der Waals surface area contributed by atoms with Crippen molar-refractivity contribution in [2.75, 3.05) is 7.11 Å². The molecule has 0 fully saturated rings. The number of hydrogen-bond acceptors (Lipinski definition) is 7. The number of aromatic nitrogens is 6. The first-order valence-corrected chi connectivity index (χ1v) is 9.69. The Morgan fingerprint density at radius 3 is 2.68 bits per heavy atom. The van der Waals surface area contributed by atoms with Crippen molar-refractivity contribution < 1.29 is 9.57 Å². The van der Waals surface area contributed by atoms with Crippen LogP contribution in [0.3, 0.4) is 0 Å². The molecule has 3 aromatic heterocycles. The summed E-state index contributed by atoms with van der Waals surface area (Å²) in [5.74, 6) is 1.30. The zero-order valence-corrected chi connectivity index (χ0v) is 16.8. The van der Waals surface area contributed by atoms with Crippen molar-refractivity contribution in [2.45, 2.75) is 13.2 Å². The van der Waals surface area contributed by atoms with Crippen LogP contribution in [0.5, 0.6) is 5.75 Å². The molecule has 31 heavy (non-hydrogen) atoms. The van der Waals surface area contributed by atoms with E-state index in [0.29, 0.717) is 18.0 Å². The highest BCUT2D eigenvalue weighted by Gasteiger charge is 2.13. The molecule has 0 atom stereocenters. The maximum Gasteiger partial charge on any atom is 0.192 e. The van der Waals surface area contributed by atoms with Gasteiger partial charge in [-0.25, -0.2) is 19.2 Å². The largest absolute Gasteiger partial charge is 0.497 e. The highest BCUT2D eigenvalue weighted by atomic mass is 16.6. The summed E-state index contributed by atoms with van der Waals surface area (Å²) in [6.45, 7) is 0.783. The van der Waals surface area contributed by atoms with Gasteiger partial charge in [-0.3, -0.25) is 0 Å². The quantitative estimate of drug-likeness (QED) is 0.301. The number of nitrogens with zero attached hydrogens (tertiary/aromatic N) is 7. The van der Waals surface area contributed by atoms with E-state index >= 15 is 0 Å². The van der Waals surface area contributed by atoms with Gasteiger partial charge in [0.05, 0.1) is 31.5 Å². The number of oxime groups is 1. The van der Waals surface area contributed by atoms with Gasteiger partial charge in [0.2, 0.25) is 0 Å². The molecule has 5 rings (SSSR count). The summed E-state index contributed by atoms with van der Waals surface area (Å²) in [6, 6.07) is 17.6. The molecule has 0 amide bonds. The minimum atomic E-state index is 0.147. The van der Waals surface area contributed by atoms with Crippen molar-refractivity contribution >= 4 is 22.9 Å². The van der Waals surface area contributed by atoms with Crippen molar-refractivity contribution in [2.24, 2.45) is 5.16 Å².